The summed E-state index contributed by atoms with van der Waals surface area (Å²) < 4.78 is 33.1. The zero-order valence-electron chi connectivity index (χ0n) is 13.7. The van der Waals surface area contributed by atoms with E-state index in [4.69, 9.17) is 4.42 Å². The summed E-state index contributed by atoms with van der Waals surface area (Å²) in [5, 5.41) is 2.79. The number of amides is 1. The Morgan fingerprint density at radius 3 is 2.62 bits per heavy atom. The van der Waals surface area contributed by atoms with E-state index in [1.54, 1.807) is 12.1 Å². The molecule has 7 nitrogen and oxygen atoms in total. The van der Waals surface area contributed by atoms with E-state index >= 15 is 0 Å². The molecule has 0 aliphatic carbocycles. The molecule has 128 valence electrons. The number of aryl methyl sites for hydroxylation is 1. The van der Waals surface area contributed by atoms with Gasteiger partial charge in [0.05, 0.1) is 11.6 Å². The van der Waals surface area contributed by atoms with Crippen LogP contribution in [0.1, 0.15) is 29.4 Å². The molecule has 24 heavy (non-hydrogen) atoms. The number of fused-ring (bicyclic) bond motifs is 1. The van der Waals surface area contributed by atoms with E-state index in [0.717, 1.165) is 21.4 Å². The third-order valence-corrected chi connectivity index (χ3v) is 5.38. The van der Waals surface area contributed by atoms with Crippen molar-refractivity contribution in [2.24, 2.45) is 0 Å². The fourth-order valence-electron chi connectivity index (χ4n) is 2.66. The van der Waals surface area contributed by atoms with Gasteiger partial charge >= 0.3 is 10.2 Å². The first-order valence-electron chi connectivity index (χ1n) is 7.46. The fourth-order valence-corrected chi connectivity index (χ4v) is 3.27. The van der Waals surface area contributed by atoms with Crippen LogP contribution >= 0.6 is 0 Å². The molecule has 0 fully saturated rings. The summed E-state index contributed by atoms with van der Waals surface area (Å²) in [6.07, 6.45) is 0.294. The molecule has 1 unspecified atom stereocenters. The average Bonchev–Trinajstić information content (AvgIpc) is 2.92. The first-order chi connectivity index (χ1) is 11.3. The van der Waals surface area contributed by atoms with Crippen molar-refractivity contribution in [3.8, 4) is 0 Å². The highest BCUT2D eigenvalue weighted by Crippen LogP contribution is 2.39. The zero-order valence-corrected chi connectivity index (χ0v) is 14.5. The highest BCUT2D eigenvalue weighted by Gasteiger charge is 2.29. The van der Waals surface area contributed by atoms with Gasteiger partial charge in [0, 0.05) is 26.2 Å². The van der Waals surface area contributed by atoms with Crippen molar-refractivity contribution < 1.29 is 17.6 Å². The van der Waals surface area contributed by atoms with Gasteiger partial charge in [-0.1, -0.05) is 6.07 Å². The number of hydrogen-bond acceptors (Lipinski definition) is 4. The number of nitrogens with zero attached hydrogens (tertiary/aromatic N) is 1. The molecule has 1 aromatic carbocycles. The van der Waals surface area contributed by atoms with Crippen LogP contribution in [0.5, 0.6) is 0 Å². The number of benzene rings is 1. The molecule has 1 aromatic heterocycles. The molecule has 0 saturated carbocycles. The molecule has 1 atom stereocenters. The number of carbonyl (C=O) groups is 1. The van der Waals surface area contributed by atoms with E-state index in [2.05, 4.69) is 10.0 Å². The smallest absolute Gasteiger partial charge is 0.301 e. The molecule has 1 aliphatic rings. The maximum absolute atomic E-state index is 12.0. The van der Waals surface area contributed by atoms with Crippen LogP contribution in [0.3, 0.4) is 0 Å². The van der Waals surface area contributed by atoms with E-state index in [9.17, 15) is 13.2 Å². The Labute approximate surface area is 140 Å². The minimum Gasteiger partial charge on any atom is -0.466 e. The lowest BCUT2D eigenvalue weighted by Gasteiger charge is -2.25. The van der Waals surface area contributed by atoms with Gasteiger partial charge in [-0.25, -0.2) is 0 Å². The minimum absolute atomic E-state index is 0.130. The van der Waals surface area contributed by atoms with Gasteiger partial charge in [0.2, 0.25) is 5.91 Å². The SMILES string of the molecule is Cc1ccc(C2CC(=O)Nc3cc(NS(=O)(=O)N(C)C)ccc32)o1. The lowest BCUT2D eigenvalue weighted by atomic mass is 9.88. The summed E-state index contributed by atoms with van der Waals surface area (Å²) in [5.74, 6) is 1.20. The van der Waals surface area contributed by atoms with Crippen molar-refractivity contribution in [2.45, 2.75) is 19.3 Å². The first kappa shape index (κ1) is 16.5. The van der Waals surface area contributed by atoms with Crippen molar-refractivity contribution in [2.75, 3.05) is 24.1 Å². The Balaban J connectivity index is 1.97. The van der Waals surface area contributed by atoms with Crippen molar-refractivity contribution in [1.29, 1.82) is 0 Å². The second-order valence-electron chi connectivity index (χ2n) is 5.94. The quantitative estimate of drug-likeness (QED) is 0.886. The van der Waals surface area contributed by atoms with Crippen LogP contribution < -0.4 is 10.0 Å². The minimum atomic E-state index is -3.60. The van der Waals surface area contributed by atoms with Gasteiger partial charge in [0.15, 0.2) is 0 Å². The second-order valence-corrected chi connectivity index (χ2v) is 7.83. The number of hydrogen-bond donors (Lipinski definition) is 2. The van der Waals surface area contributed by atoms with Crippen LogP contribution in [-0.2, 0) is 15.0 Å². The monoisotopic (exact) mass is 349 g/mol. The van der Waals surface area contributed by atoms with E-state index in [0.29, 0.717) is 17.8 Å². The number of nitrogens with one attached hydrogen (secondary N) is 2. The van der Waals surface area contributed by atoms with E-state index < -0.39 is 10.2 Å². The largest absolute Gasteiger partial charge is 0.466 e. The van der Waals surface area contributed by atoms with Crippen LogP contribution in [0.2, 0.25) is 0 Å². The summed E-state index contributed by atoms with van der Waals surface area (Å²) >= 11 is 0. The summed E-state index contributed by atoms with van der Waals surface area (Å²) in [5.41, 5.74) is 1.88. The molecule has 0 spiro atoms. The molecule has 1 aliphatic heterocycles. The molecule has 8 heteroatoms. The molecular weight excluding hydrogens is 330 g/mol. The maximum Gasteiger partial charge on any atom is 0.301 e. The molecule has 2 aromatic rings. The van der Waals surface area contributed by atoms with Gasteiger partial charge < -0.3 is 9.73 Å². The van der Waals surface area contributed by atoms with E-state index in [1.165, 1.54) is 14.1 Å². The Morgan fingerprint density at radius 2 is 2.00 bits per heavy atom. The van der Waals surface area contributed by atoms with E-state index in [-0.39, 0.29) is 11.8 Å². The molecule has 1 amide bonds. The topological polar surface area (TPSA) is 91.7 Å². The first-order valence-corrected chi connectivity index (χ1v) is 8.90. The predicted molar refractivity (Wildman–Crippen MR) is 91.2 cm³/mol. The predicted octanol–water partition coefficient (Wildman–Crippen LogP) is 2.28. The Kier molecular flexibility index (Phi) is 4.10. The zero-order chi connectivity index (χ0) is 17.5. The molecule has 3 rings (SSSR count). The summed E-state index contributed by atoms with van der Waals surface area (Å²) in [7, 11) is -0.717. The number of furan rings is 1. The number of anilines is 2. The van der Waals surface area contributed by atoms with Crippen molar-refractivity contribution >= 4 is 27.5 Å². The van der Waals surface area contributed by atoms with Crippen molar-refractivity contribution in [3.63, 3.8) is 0 Å². The lowest BCUT2D eigenvalue weighted by molar-refractivity contribution is -0.116. The second kappa shape index (κ2) is 5.95. The van der Waals surface area contributed by atoms with Crippen LogP contribution in [0.15, 0.2) is 34.7 Å². The average molecular weight is 349 g/mol. The van der Waals surface area contributed by atoms with Crippen molar-refractivity contribution in [3.05, 3.63) is 47.4 Å². The Bertz CT molecular complexity index is 886. The summed E-state index contributed by atoms with van der Waals surface area (Å²) in [6, 6.07) is 8.84. The molecular formula is C16H19N3O4S. The Hall–Kier alpha value is -2.32. The number of carbonyl (C=O) groups excluding carboxylic acids is 1. The van der Waals surface area contributed by atoms with Crippen LogP contribution in [0.25, 0.3) is 0 Å². The summed E-state index contributed by atoms with van der Waals surface area (Å²) in [6.45, 7) is 1.85. The van der Waals surface area contributed by atoms with Gasteiger partial charge in [-0.15, -0.1) is 0 Å². The highest BCUT2D eigenvalue weighted by molar-refractivity contribution is 7.90. The molecule has 0 radical (unpaired) electrons. The molecule has 0 bridgehead atoms. The van der Waals surface area contributed by atoms with E-state index in [1.807, 2.05) is 25.1 Å². The fraction of sp³-hybridized carbons (Fsp3) is 0.312. The maximum atomic E-state index is 12.0. The van der Waals surface area contributed by atoms with Gasteiger partial charge in [-0.2, -0.15) is 12.7 Å². The van der Waals surface area contributed by atoms with Gasteiger partial charge in [0.25, 0.3) is 0 Å². The van der Waals surface area contributed by atoms with Crippen LogP contribution in [0.4, 0.5) is 11.4 Å². The normalized spacial score (nSPS) is 17.5. The molecule has 2 N–H and O–H groups in total. The molecule has 0 saturated heterocycles. The van der Waals surface area contributed by atoms with Crippen molar-refractivity contribution in [1.82, 2.24) is 4.31 Å². The highest BCUT2D eigenvalue weighted by atomic mass is 32.2. The van der Waals surface area contributed by atoms with Gasteiger partial charge in [-0.3, -0.25) is 9.52 Å². The van der Waals surface area contributed by atoms with Gasteiger partial charge in [-0.05, 0) is 36.8 Å². The Morgan fingerprint density at radius 1 is 1.25 bits per heavy atom. The van der Waals surface area contributed by atoms with Crippen LogP contribution in [0, 0.1) is 6.92 Å². The molecule has 2 heterocycles. The van der Waals surface area contributed by atoms with Gasteiger partial charge in [0.1, 0.15) is 11.5 Å². The third-order valence-electron chi connectivity index (χ3n) is 3.92. The van der Waals surface area contributed by atoms with Crippen LogP contribution in [-0.4, -0.2) is 32.7 Å². The standard InChI is InChI=1S/C16H19N3O4S/c1-10-4-7-15(23-10)13-9-16(20)17-14-8-11(5-6-12(13)14)18-24(21,22)19(2)3/h4-8,13,18H,9H2,1-3H3,(H,17,20). The summed E-state index contributed by atoms with van der Waals surface area (Å²) in [4.78, 5) is 12.0. The lowest BCUT2D eigenvalue weighted by Crippen LogP contribution is -2.29. The number of rotatable bonds is 4. The third kappa shape index (κ3) is 3.15.